The summed E-state index contributed by atoms with van der Waals surface area (Å²) in [5.41, 5.74) is 4.17. The molecule has 154 valence electrons. The molecule has 0 aliphatic rings. The minimum atomic E-state index is 0.613. The molecule has 0 atom stereocenters. The second kappa shape index (κ2) is 9.00. The Morgan fingerprint density at radius 2 is 1.87 bits per heavy atom. The third kappa shape index (κ3) is 4.46. The molecule has 4 rings (SSSR count). The molecule has 0 unspecified atom stereocenters. The van der Waals surface area contributed by atoms with Crippen LogP contribution in [0.15, 0.2) is 60.8 Å². The lowest BCUT2D eigenvalue weighted by Gasteiger charge is -2.10. The molecule has 0 bridgehead atoms. The Hall–Kier alpha value is -3.32. The van der Waals surface area contributed by atoms with Gasteiger partial charge in [0.25, 0.3) is 0 Å². The molecule has 30 heavy (non-hydrogen) atoms. The Labute approximate surface area is 180 Å². The van der Waals surface area contributed by atoms with E-state index < -0.39 is 0 Å². The van der Waals surface area contributed by atoms with Gasteiger partial charge in [0.05, 0.1) is 31.3 Å². The summed E-state index contributed by atoms with van der Waals surface area (Å²) in [5.74, 6) is 1.56. The Balaban J connectivity index is 1.46. The van der Waals surface area contributed by atoms with Gasteiger partial charge in [0, 0.05) is 24.4 Å². The molecule has 0 spiro atoms. The maximum Gasteiger partial charge on any atom is 0.183 e. The summed E-state index contributed by atoms with van der Waals surface area (Å²) in [7, 11) is 3.31. The second-order valence-electron chi connectivity index (χ2n) is 6.85. The van der Waals surface area contributed by atoms with Gasteiger partial charge >= 0.3 is 0 Å². The molecule has 1 N–H and O–H groups in total. The van der Waals surface area contributed by atoms with Crippen molar-refractivity contribution in [3.63, 3.8) is 0 Å². The monoisotopic (exact) mass is 420 g/mol. The van der Waals surface area contributed by atoms with Gasteiger partial charge in [-0.05, 0) is 30.7 Å². The highest BCUT2D eigenvalue weighted by atomic mass is 32.1. The Morgan fingerprint density at radius 1 is 1.03 bits per heavy atom. The van der Waals surface area contributed by atoms with E-state index in [1.807, 2.05) is 60.3 Å². The second-order valence-corrected chi connectivity index (χ2v) is 7.85. The van der Waals surface area contributed by atoms with Crippen molar-refractivity contribution in [2.45, 2.75) is 20.0 Å². The van der Waals surface area contributed by atoms with Gasteiger partial charge in [-0.1, -0.05) is 41.7 Å². The molecule has 0 aliphatic carbocycles. The number of benzene rings is 2. The minimum absolute atomic E-state index is 0.613. The van der Waals surface area contributed by atoms with E-state index in [9.17, 15) is 0 Å². The number of thiazole rings is 1. The van der Waals surface area contributed by atoms with Crippen molar-refractivity contribution in [1.29, 1.82) is 0 Å². The van der Waals surface area contributed by atoms with E-state index in [1.54, 1.807) is 25.6 Å². The standard InChI is InChI=1S/C23H24N4O2S/c1-16-22(20-11-12-27(26-20)15-17-7-5-4-6-8-17)30-23(25-16)24-14-18-9-10-19(28-2)13-21(18)29-3/h4-13H,14-15H2,1-3H3,(H,24,25). The van der Waals surface area contributed by atoms with Gasteiger partial charge in [-0.2, -0.15) is 5.10 Å². The number of anilines is 1. The largest absolute Gasteiger partial charge is 0.497 e. The summed E-state index contributed by atoms with van der Waals surface area (Å²) >= 11 is 1.61. The normalized spacial score (nSPS) is 10.8. The highest BCUT2D eigenvalue weighted by Gasteiger charge is 2.13. The van der Waals surface area contributed by atoms with Crippen LogP contribution in [0.4, 0.5) is 5.13 Å². The van der Waals surface area contributed by atoms with Crippen LogP contribution in [0, 0.1) is 6.92 Å². The zero-order chi connectivity index (χ0) is 20.9. The average molecular weight is 421 g/mol. The van der Waals surface area contributed by atoms with Crippen molar-refractivity contribution in [3.8, 4) is 22.1 Å². The number of rotatable bonds is 8. The van der Waals surface area contributed by atoms with Crippen LogP contribution in [0.25, 0.3) is 10.6 Å². The zero-order valence-corrected chi connectivity index (χ0v) is 18.1. The third-order valence-corrected chi connectivity index (χ3v) is 5.92. The number of hydrogen-bond acceptors (Lipinski definition) is 6. The molecular formula is C23H24N4O2S. The van der Waals surface area contributed by atoms with Crippen LogP contribution in [0.1, 0.15) is 16.8 Å². The maximum absolute atomic E-state index is 5.48. The number of hydrogen-bond donors (Lipinski definition) is 1. The highest BCUT2D eigenvalue weighted by Crippen LogP contribution is 2.32. The molecule has 0 aliphatic heterocycles. The Kier molecular flexibility index (Phi) is 5.99. The van der Waals surface area contributed by atoms with Crippen molar-refractivity contribution < 1.29 is 9.47 Å². The number of nitrogens with zero attached hydrogens (tertiary/aromatic N) is 3. The van der Waals surface area contributed by atoms with Crippen molar-refractivity contribution >= 4 is 16.5 Å². The van der Waals surface area contributed by atoms with E-state index in [0.29, 0.717) is 6.54 Å². The predicted molar refractivity (Wildman–Crippen MR) is 120 cm³/mol. The lowest BCUT2D eigenvalue weighted by molar-refractivity contribution is 0.391. The van der Waals surface area contributed by atoms with Crippen LogP contribution in [0.5, 0.6) is 11.5 Å². The van der Waals surface area contributed by atoms with Crippen LogP contribution in [0.3, 0.4) is 0 Å². The van der Waals surface area contributed by atoms with Crippen molar-refractivity contribution in [1.82, 2.24) is 14.8 Å². The van der Waals surface area contributed by atoms with E-state index in [4.69, 9.17) is 14.6 Å². The smallest absolute Gasteiger partial charge is 0.183 e. The summed E-state index contributed by atoms with van der Waals surface area (Å²) in [4.78, 5) is 5.75. The quantitative estimate of drug-likeness (QED) is 0.435. The van der Waals surface area contributed by atoms with E-state index in [2.05, 4.69) is 22.4 Å². The molecule has 2 aromatic heterocycles. The van der Waals surface area contributed by atoms with Gasteiger partial charge in [-0.25, -0.2) is 4.98 Å². The Bertz CT molecular complexity index is 1120. The molecule has 0 saturated carbocycles. The first kappa shape index (κ1) is 20.0. The minimum Gasteiger partial charge on any atom is -0.497 e. The molecule has 0 fully saturated rings. The first-order valence-corrected chi connectivity index (χ1v) is 10.5. The molecule has 2 heterocycles. The summed E-state index contributed by atoms with van der Waals surface area (Å²) in [6.45, 7) is 3.38. The molecule has 2 aromatic carbocycles. The van der Waals surface area contributed by atoms with Crippen LogP contribution in [0.2, 0.25) is 0 Å². The van der Waals surface area contributed by atoms with Crippen LogP contribution >= 0.6 is 11.3 Å². The predicted octanol–water partition coefficient (Wildman–Crippen LogP) is 4.99. The number of aromatic nitrogens is 3. The number of methoxy groups -OCH3 is 2. The average Bonchev–Trinajstić information content (AvgIpc) is 3.38. The van der Waals surface area contributed by atoms with Gasteiger partial charge < -0.3 is 14.8 Å². The fraction of sp³-hybridized carbons (Fsp3) is 0.217. The van der Waals surface area contributed by atoms with Crippen LogP contribution in [-0.4, -0.2) is 29.0 Å². The van der Waals surface area contributed by atoms with Crippen molar-refractivity contribution in [2.24, 2.45) is 0 Å². The molecule has 0 saturated heterocycles. The summed E-state index contributed by atoms with van der Waals surface area (Å²) in [6.07, 6.45) is 2.01. The van der Waals surface area contributed by atoms with E-state index in [0.717, 1.165) is 45.0 Å². The molecule has 0 radical (unpaired) electrons. The topological polar surface area (TPSA) is 61.2 Å². The van der Waals surface area contributed by atoms with Gasteiger partial charge in [-0.15, -0.1) is 0 Å². The van der Waals surface area contributed by atoms with Gasteiger partial charge in [0.2, 0.25) is 0 Å². The van der Waals surface area contributed by atoms with Crippen LogP contribution < -0.4 is 14.8 Å². The lowest BCUT2D eigenvalue weighted by atomic mass is 10.2. The van der Waals surface area contributed by atoms with E-state index >= 15 is 0 Å². The number of aryl methyl sites for hydroxylation is 1. The molecule has 0 amide bonds. The fourth-order valence-corrected chi connectivity index (χ4v) is 4.15. The van der Waals surface area contributed by atoms with Gasteiger partial charge in [-0.3, -0.25) is 4.68 Å². The Morgan fingerprint density at radius 3 is 2.63 bits per heavy atom. The summed E-state index contributed by atoms with van der Waals surface area (Å²) < 4.78 is 12.7. The lowest BCUT2D eigenvalue weighted by Crippen LogP contribution is -2.01. The molecule has 7 heteroatoms. The number of nitrogens with one attached hydrogen (secondary N) is 1. The molecular weight excluding hydrogens is 396 g/mol. The van der Waals surface area contributed by atoms with Crippen molar-refractivity contribution in [3.05, 3.63) is 77.6 Å². The van der Waals surface area contributed by atoms with Crippen molar-refractivity contribution in [2.75, 3.05) is 19.5 Å². The van der Waals surface area contributed by atoms with Crippen LogP contribution in [-0.2, 0) is 13.1 Å². The van der Waals surface area contributed by atoms with Gasteiger partial charge in [0.15, 0.2) is 5.13 Å². The first-order valence-electron chi connectivity index (χ1n) is 9.66. The van der Waals surface area contributed by atoms with E-state index in [-0.39, 0.29) is 0 Å². The fourth-order valence-electron chi connectivity index (χ4n) is 3.22. The third-order valence-electron chi connectivity index (χ3n) is 4.78. The SMILES string of the molecule is COc1ccc(CNc2nc(C)c(-c3ccn(Cc4ccccc4)n3)s2)c(OC)c1. The highest BCUT2D eigenvalue weighted by molar-refractivity contribution is 7.19. The molecule has 6 nitrogen and oxygen atoms in total. The zero-order valence-electron chi connectivity index (χ0n) is 17.3. The first-order chi connectivity index (χ1) is 14.7. The maximum atomic E-state index is 5.48. The van der Waals surface area contributed by atoms with E-state index in [1.165, 1.54) is 5.56 Å². The van der Waals surface area contributed by atoms with Gasteiger partial charge in [0.1, 0.15) is 17.2 Å². The summed E-state index contributed by atoms with van der Waals surface area (Å²) in [5, 5.41) is 9.00. The summed E-state index contributed by atoms with van der Waals surface area (Å²) in [6, 6.07) is 18.2. The number of ether oxygens (including phenoxy) is 2. The molecule has 4 aromatic rings.